The van der Waals surface area contributed by atoms with Gasteiger partial charge in [-0.2, -0.15) is 0 Å². The maximum Gasteiger partial charge on any atom is -0.0267 e. The SMILES string of the molecule is CCCC(P)CC.I. The van der Waals surface area contributed by atoms with Gasteiger partial charge in [0, 0.05) is 0 Å². The van der Waals surface area contributed by atoms with Crippen LogP contribution in [-0.4, -0.2) is 5.66 Å². The Kier molecular flexibility index (Phi) is 12.1. The summed E-state index contributed by atoms with van der Waals surface area (Å²) in [6, 6.07) is 0. The normalized spacial score (nSPS) is 12.4. The van der Waals surface area contributed by atoms with Crippen LogP contribution < -0.4 is 0 Å². The number of hydrogen-bond donors (Lipinski definition) is 0. The summed E-state index contributed by atoms with van der Waals surface area (Å²) < 4.78 is 0. The molecule has 0 saturated heterocycles. The van der Waals surface area contributed by atoms with Crippen LogP contribution in [0.2, 0.25) is 0 Å². The molecule has 0 amide bonds. The molecule has 52 valence electrons. The van der Waals surface area contributed by atoms with Gasteiger partial charge in [-0.05, 0) is 18.5 Å². The van der Waals surface area contributed by atoms with Crippen LogP contribution in [0.1, 0.15) is 33.1 Å². The van der Waals surface area contributed by atoms with E-state index in [0.717, 1.165) is 5.66 Å². The van der Waals surface area contributed by atoms with E-state index in [2.05, 4.69) is 23.1 Å². The van der Waals surface area contributed by atoms with Crippen molar-refractivity contribution < 1.29 is 0 Å². The van der Waals surface area contributed by atoms with Crippen molar-refractivity contribution in [3.8, 4) is 0 Å². The van der Waals surface area contributed by atoms with Crippen LogP contribution in [-0.2, 0) is 0 Å². The van der Waals surface area contributed by atoms with Crippen molar-refractivity contribution in [2.75, 3.05) is 0 Å². The van der Waals surface area contributed by atoms with E-state index in [1.807, 2.05) is 0 Å². The molecule has 0 aliphatic rings. The van der Waals surface area contributed by atoms with Gasteiger partial charge in [0.05, 0.1) is 0 Å². The fourth-order valence-electron chi connectivity index (χ4n) is 0.575. The largest absolute Gasteiger partial charge is 0.134 e. The Morgan fingerprint density at radius 3 is 2.00 bits per heavy atom. The van der Waals surface area contributed by atoms with E-state index in [1.165, 1.54) is 19.3 Å². The first-order valence-electron chi connectivity index (χ1n) is 3.06. The molecular formula is C6H16IP. The van der Waals surface area contributed by atoms with Gasteiger partial charge in [0.2, 0.25) is 0 Å². The van der Waals surface area contributed by atoms with Crippen molar-refractivity contribution in [3.05, 3.63) is 0 Å². The Morgan fingerprint density at radius 2 is 1.88 bits per heavy atom. The molecule has 0 saturated carbocycles. The van der Waals surface area contributed by atoms with E-state index in [-0.39, 0.29) is 24.0 Å². The molecule has 0 radical (unpaired) electrons. The van der Waals surface area contributed by atoms with Crippen molar-refractivity contribution in [2.45, 2.75) is 38.8 Å². The van der Waals surface area contributed by atoms with Gasteiger partial charge in [-0.3, -0.25) is 0 Å². The van der Waals surface area contributed by atoms with Gasteiger partial charge in [-0.25, -0.2) is 0 Å². The van der Waals surface area contributed by atoms with Crippen LogP contribution in [0.4, 0.5) is 0 Å². The molecule has 0 aliphatic carbocycles. The molecule has 0 spiro atoms. The third kappa shape index (κ3) is 7.16. The monoisotopic (exact) mass is 246 g/mol. The Morgan fingerprint density at radius 1 is 1.38 bits per heavy atom. The molecular weight excluding hydrogens is 230 g/mol. The van der Waals surface area contributed by atoms with E-state index in [9.17, 15) is 0 Å². The summed E-state index contributed by atoms with van der Waals surface area (Å²) in [6.07, 6.45) is 3.99. The second kappa shape index (κ2) is 8.16. The third-order valence-electron chi connectivity index (χ3n) is 1.18. The highest BCUT2D eigenvalue weighted by Gasteiger charge is 1.92. The van der Waals surface area contributed by atoms with Crippen LogP contribution in [0.5, 0.6) is 0 Å². The quantitative estimate of drug-likeness (QED) is 0.530. The lowest BCUT2D eigenvalue weighted by atomic mass is 10.2. The summed E-state index contributed by atoms with van der Waals surface area (Å²) in [6.45, 7) is 4.46. The summed E-state index contributed by atoms with van der Waals surface area (Å²) in [5.74, 6) is 0. The fraction of sp³-hybridized carbons (Fsp3) is 1.00. The first-order chi connectivity index (χ1) is 3.31. The molecule has 2 atom stereocenters. The molecule has 0 aliphatic heterocycles. The van der Waals surface area contributed by atoms with Crippen molar-refractivity contribution in [1.29, 1.82) is 0 Å². The molecule has 0 bridgehead atoms. The van der Waals surface area contributed by atoms with Crippen molar-refractivity contribution >= 4 is 33.2 Å². The highest BCUT2D eigenvalue weighted by Crippen LogP contribution is 2.10. The molecule has 8 heavy (non-hydrogen) atoms. The lowest BCUT2D eigenvalue weighted by Gasteiger charge is -2.02. The average Bonchev–Trinajstić information content (AvgIpc) is 1.68. The summed E-state index contributed by atoms with van der Waals surface area (Å²) in [4.78, 5) is 0. The van der Waals surface area contributed by atoms with Crippen molar-refractivity contribution in [2.24, 2.45) is 0 Å². The molecule has 0 fully saturated rings. The smallest absolute Gasteiger partial charge is 0.0267 e. The summed E-state index contributed by atoms with van der Waals surface area (Å²) in [5, 5.41) is 0. The minimum atomic E-state index is 0. The Hall–Kier alpha value is 1.16. The van der Waals surface area contributed by atoms with Gasteiger partial charge in [0.1, 0.15) is 0 Å². The van der Waals surface area contributed by atoms with Gasteiger partial charge < -0.3 is 0 Å². The zero-order chi connectivity index (χ0) is 5.70. The molecule has 0 aromatic heterocycles. The predicted molar refractivity (Wildman–Crippen MR) is 54.1 cm³/mol. The Balaban J connectivity index is 0. The Bertz CT molecular complexity index is 39.5. The van der Waals surface area contributed by atoms with Crippen LogP contribution in [0.15, 0.2) is 0 Å². The number of rotatable bonds is 3. The van der Waals surface area contributed by atoms with Gasteiger partial charge in [0.15, 0.2) is 0 Å². The minimum Gasteiger partial charge on any atom is -0.134 e. The zero-order valence-corrected chi connectivity index (χ0v) is 9.17. The predicted octanol–water partition coefficient (Wildman–Crippen LogP) is 3.06. The molecule has 0 aromatic carbocycles. The maximum absolute atomic E-state index is 2.85. The summed E-state index contributed by atoms with van der Waals surface area (Å²) in [7, 11) is 2.85. The Labute approximate surface area is 72.0 Å². The lowest BCUT2D eigenvalue weighted by molar-refractivity contribution is 0.720. The second-order valence-electron chi connectivity index (χ2n) is 1.96. The van der Waals surface area contributed by atoms with Crippen LogP contribution in [0.25, 0.3) is 0 Å². The molecule has 0 aromatic rings. The second-order valence-corrected chi connectivity index (χ2v) is 2.90. The summed E-state index contributed by atoms with van der Waals surface area (Å²) in [5.41, 5.74) is 0.866. The number of halogens is 1. The maximum atomic E-state index is 2.85. The van der Waals surface area contributed by atoms with Crippen LogP contribution >= 0.6 is 33.2 Å². The molecule has 0 heterocycles. The molecule has 2 heteroatoms. The van der Waals surface area contributed by atoms with Gasteiger partial charge in [0.25, 0.3) is 0 Å². The van der Waals surface area contributed by atoms with Gasteiger partial charge in [-0.15, -0.1) is 33.2 Å². The lowest BCUT2D eigenvalue weighted by Crippen LogP contribution is -1.91. The molecule has 0 rings (SSSR count). The zero-order valence-electron chi connectivity index (χ0n) is 5.68. The third-order valence-corrected chi connectivity index (χ3v) is 1.99. The van der Waals surface area contributed by atoms with E-state index < -0.39 is 0 Å². The van der Waals surface area contributed by atoms with Crippen LogP contribution in [0.3, 0.4) is 0 Å². The molecule has 2 unspecified atom stereocenters. The highest BCUT2D eigenvalue weighted by atomic mass is 127. The standard InChI is InChI=1S/C6H15P.HI/c1-3-5-6(7)4-2;/h6H,3-5,7H2,1-2H3;1H. The number of hydrogen-bond acceptors (Lipinski definition) is 0. The van der Waals surface area contributed by atoms with E-state index >= 15 is 0 Å². The fourth-order valence-corrected chi connectivity index (χ4v) is 0.908. The van der Waals surface area contributed by atoms with E-state index in [4.69, 9.17) is 0 Å². The van der Waals surface area contributed by atoms with Crippen LogP contribution in [0, 0.1) is 0 Å². The average molecular weight is 246 g/mol. The highest BCUT2D eigenvalue weighted by molar-refractivity contribution is 14.0. The first kappa shape index (κ1) is 11.9. The van der Waals surface area contributed by atoms with Gasteiger partial charge >= 0.3 is 0 Å². The molecule has 0 nitrogen and oxygen atoms in total. The summed E-state index contributed by atoms with van der Waals surface area (Å²) >= 11 is 0. The van der Waals surface area contributed by atoms with Crippen molar-refractivity contribution in [1.82, 2.24) is 0 Å². The first-order valence-corrected chi connectivity index (χ1v) is 3.73. The molecule has 0 N–H and O–H groups in total. The van der Waals surface area contributed by atoms with E-state index in [1.54, 1.807) is 0 Å². The van der Waals surface area contributed by atoms with Crippen molar-refractivity contribution in [3.63, 3.8) is 0 Å². The van der Waals surface area contributed by atoms with E-state index in [0.29, 0.717) is 0 Å². The topological polar surface area (TPSA) is 0 Å². The van der Waals surface area contributed by atoms with Gasteiger partial charge in [-0.1, -0.05) is 20.3 Å². The minimum absolute atomic E-state index is 0.